The molecule has 14 heavy (non-hydrogen) atoms. The van der Waals surface area contributed by atoms with Crippen LogP contribution in [0.25, 0.3) is 0 Å². The van der Waals surface area contributed by atoms with Crippen LogP contribution >= 0.6 is 0 Å². The molecular formula is C10H22N2O2. The molecule has 0 aliphatic carbocycles. The number of nitrogens with two attached hydrogens (primary N) is 1. The predicted octanol–water partition coefficient (Wildman–Crippen LogP) is 0.0450. The van der Waals surface area contributed by atoms with Crippen molar-refractivity contribution in [2.45, 2.75) is 38.1 Å². The molecule has 4 N–H and O–H groups in total. The van der Waals surface area contributed by atoms with Gasteiger partial charge in [0.1, 0.15) is 6.29 Å². The Morgan fingerprint density at radius 2 is 2.07 bits per heavy atom. The zero-order valence-corrected chi connectivity index (χ0v) is 8.74. The number of carbonyl (C=O) groups excluding carboxylic acids is 1. The number of unbranched alkanes of at least 4 members (excludes halogenated alkanes) is 2. The molecule has 0 heterocycles. The van der Waals surface area contributed by atoms with Gasteiger partial charge in [0.25, 0.3) is 0 Å². The molecule has 0 aliphatic rings. The summed E-state index contributed by atoms with van der Waals surface area (Å²) >= 11 is 0. The molecule has 0 saturated heterocycles. The molecule has 0 aromatic rings. The van der Waals surface area contributed by atoms with E-state index in [2.05, 4.69) is 5.32 Å². The van der Waals surface area contributed by atoms with Gasteiger partial charge in [-0.1, -0.05) is 6.42 Å². The van der Waals surface area contributed by atoms with E-state index in [0.717, 1.165) is 44.9 Å². The molecule has 4 nitrogen and oxygen atoms in total. The minimum absolute atomic E-state index is 0.0414. The van der Waals surface area contributed by atoms with Crippen molar-refractivity contribution in [1.29, 1.82) is 0 Å². The SMILES string of the molecule is NCCCC[C@@H](C=O)NCCCCO. The van der Waals surface area contributed by atoms with E-state index in [9.17, 15) is 4.79 Å². The predicted molar refractivity (Wildman–Crippen MR) is 57.1 cm³/mol. The number of aldehydes is 1. The molecule has 84 valence electrons. The van der Waals surface area contributed by atoms with Gasteiger partial charge in [0.05, 0.1) is 6.04 Å². The fraction of sp³-hybridized carbons (Fsp3) is 0.900. The summed E-state index contributed by atoms with van der Waals surface area (Å²) in [5.74, 6) is 0. The Hall–Kier alpha value is -0.450. The summed E-state index contributed by atoms with van der Waals surface area (Å²) in [6.07, 6.45) is 5.49. The van der Waals surface area contributed by atoms with Crippen LogP contribution in [0.2, 0.25) is 0 Å². The summed E-state index contributed by atoms with van der Waals surface area (Å²) in [6.45, 7) is 1.71. The van der Waals surface area contributed by atoms with E-state index < -0.39 is 0 Å². The third kappa shape index (κ3) is 8.16. The van der Waals surface area contributed by atoms with Gasteiger partial charge < -0.3 is 21.0 Å². The van der Waals surface area contributed by atoms with E-state index in [1.807, 2.05) is 0 Å². The molecule has 1 atom stereocenters. The van der Waals surface area contributed by atoms with Crippen LogP contribution in [-0.2, 0) is 4.79 Å². The van der Waals surface area contributed by atoms with E-state index in [1.54, 1.807) is 0 Å². The highest BCUT2D eigenvalue weighted by molar-refractivity contribution is 5.57. The van der Waals surface area contributed by atoms with E-state index in [-0.39, 0.29) is 12.6 Å². The number of aliphatic hydroxyl groups is 1. The van der Waals surface area contributed by atoms with Gasteiger partial charge >= 0.3 is 0 Å². The first kappa shape index (κ1) is 13.5. The van der Waals surface area contributed by atoms with Crippen LogP contribution in [0.1, 0.15) is 32.1 Å². The number of nitrogens with one attached hydrogen (secondary N) is 1. The van der Waals surface area contributed by atoms with Crippen LogP contribution in [0.15, 0.2) is 0 Å². The topological polar surface area (TPSA) is 75.4 Å². The molecule has 0 aromatic carbocycles. The lowest BCUT2D eigenvalue weighted by Gasteiger charge is -2.11. The molecule has 0 saturated carbocycles. The fourth-order valence-corrected chi connectivity index (χ4v) is 1.25. The monoisotopic (exact) mass is 202 g/mol. The molecule has 0 unspecified atom stereocenters. The van der Waals surface area contributed by atoms with Crippen molar-refractivity contribution in [3.05, 3.63) is 0 Å². The van der Waals surface area contributed by atoms with Gasteiger partial charge in [-0.2, -0.15) is 0 Å². The van der Waals surface area contributed by atoms with E-state index in [0.29, 0.717) is 6.54 Å². The molecule has 0 radical (unpaired) electrons. The maximum Gasteiger partial charge on any atom is 0.136 e. The van der Waals surface area contributed by atoms with Gasteiger partial charge in [-0.15, -0.1) is 0 Å². The van der Waals surface area contributed by atoms with E-state index >= 15 is 0 Å². The van der Waals surface area contributed by atoms with Gasteiger partial charge in [0, 0.05) is 6.61 Å². The first-order chi connectivity index (χ1) is 6.85. The molecule has 0 fully saturated rings. The Morgan fingerprint density at radius 1 is 1.29 bits per heavy atom. The minimum atomic E-state index is -0.0414. The fourth-order valence-electron chi connectivity index (χ4n) is 1.25. The summed E-state index contributed by atoms with van der Waals surface area (Å²) in [6, 6.07) is -0.0414. The Morgan fingerprint density at radius 3 is 2.64 bits per heavy atom. The highest BCUT2D eigenvalue weighted by atomic mass is 16.2. The average Bonchev–Trinajstić information content (AvgIpc) is 2.22. The summed E-state index contributed by atoms with van der Waals surface area (Å²) in [5.41, 5.74) is 5.36. The number of aliphatic hydroxyl groups excluding tert-OH is 1. The second-order valence-corrected chi connectivity index (χ2v) is 3.41. The van der Waals surface area contributed by atoms with Crippen molar-refractivity contribution in [2.75, 3.05) is 19.7 Å². The van der Waals surface area contributed by atoms with Gasteiger partial charge in [0.2, 0.25) is 0 Å². The van der Waals surface area contributed by atoms with Crippen molar-refractivity contribution in [3.8, 4) is 0 Å². The molecule has 4 heteroatoms. The molecule has 0 bridgehead atoms. The third-order valence-corrected chi connectivity index (χ3v) is 2.12. The molecule has 0 spiro atoms. The van der Waals surface area contributed by atoms with Crippen molar-refractivity contribution in [3.63, 3.8) is 0 Å². The first-order valence-electron chi connectivity index (χ1n) is 5.34. The van der Waals surface area contributed by atoms with Crippen LogP contribution in [-0.4, -0.2) is 37.1 Å². The summed E-state index contributed by atoms with van der Waals surface area (Å²) in [4.78, 5) is 10.6. The van der Waals surface area contributed by atoms with Crippen LogP contribution in [0.4, 0.5) is 0 Å². The normalized spacial score (nSPS) is 12.7. The molecule has 0 amide bonds. The quantitative estimate of drug-likeness (QED) is 0.345. The Balaban J connectivity index is 3.33. The van der Waals surface area contributed by atoms with Crippen molar-refractivity contribution >= 4 is 6.29 Å². The second-order valence-electron chi connectivity index (χ2n) is 3.41. The Labute approximate surface area is 85.9 Å². The van der Waals surface area contributed by atoms with E-state index in [4.69, 9.17) is 10.8 Å². The highest BCUT2D eigenvalue weighted by Gasteiger charge is 2.04. The lowest BCUT2D eigenvalue weighted by molar-refractivity contribution is -0.109. The minimum Gasteiger partial charge on any atom is -0.396 e. The van der Waals surface area contributed by atoms with Crippen molar-refractivity contribution < 1.29 is 9.90 Å². The number of carbonyl (C=O) groups is 1. The average molecular weight is 202 g/mol. The van der Waals surface area contributed by atoms with E-state index in [1.165, 1.54) is 0 Å². The Bertz CT molecular complexity index is 131. The number of hydrogen-bond donors (Lipinski definition) is 3. The molecule has 0 rings (SSSR count). The van der Waals surface area contributed by atoms with Crippen LogP contribution in [0, 0.1) is 0 Å². The van der Waals surface area contributed by atoms with Crippen LogP contribution in [0.5, 0.6) is 0 Å². The maximum atomic E-state index is 10.6. The largest absolute Gasteiger partial charge is 0.396 e. The van der Waals surface area contributed by atoms with Gasteiger partial charge in [-0.05, 0) is 38.8 Å². The number of rotatable bonds is 10. The van der Waals surface area contributed by atoms with Crippen molar-refractivity contribution in [2.24, 2.45) is 5.73 Å². The maximum absolute atomic E-state index is 10.6. The van der Waals surface area contributed by atoms with Gasteiger partial charge in [0.15, 0.2) is 0 Å². The summed E-state index contributed by atoms with van der Waals surface area (Å²) in [5, 5.41) is 11.7. The summed E-state index contributed by atoms with van der Waals surface area (Å²) in [7, 11) is 0. The standard InChI is InChI=1S/C10H22N2O2/c11-6-2-1-5-10(9-14)12-7-3-4-8-13/h9-10,12-13H,1-8,11H2/t10-/m0/s1. The van der Waals surface area contributed by atoms with Crippen molar-refractivity contribution in [1.82, 2.24) is 5.32 Å². The Kier molecular flexibility index (Phi) is 10.3. The zero-order valence-electron chi connectivity index (χ0n) is 8.74. The third-order valence-electron chi connectivity index (χ3n) is 2.12. The van der Waals surface area contributed by atoms with Gasteiger partial charge in [-0.3, -0.25) is 0 Å². The highest BCUT2D eigenvalue weighted by Crippen LogP contribution is 1.98. The second kappa shape index (κ2) is 10.6. The lowest BCUT2D eigenvalue weighted by atomic mass is 10.1. The molecule has 0 aromatic heterocycles. The summed E-state index contributed by atoms with van der Waals surface area (Å²) < 4.78 is 0. The number of hydrogen-bond acceptors (Lipinski definition) is 4. The lowest BCUT2D eigenvalue weighted by Crippen LogP contribution is -2.31. The molecular weight excluding hydrogens is 180 g/mol. The zero-order chi connectivity index (χ0) is 10.6. The molecule has 0 aliphatic heterocycles. The smallest absolute Gasteiger partial charge is 0.136 e. The van der Waals surface area contributed by atoms with Crippen LogP contribution < -0.4 is 11.1 Å². The first-order valence-corrected chi connectivity index (χ1v) is 5.34. The van der Waals surface area contributed by atoms with Gasteiger partial charge in [-0.25, -0.2) is 0 Å². The van der Waals surface area contributed by atoms with Crippen LogP contribution in [0.3, 0.4) is 0 Å².